The van der Waals surface area contributed by atoms with Crippen LogP contribution in [0, 0.1) is 0 Å². The standard InChI is InChI=1S/C28H41N3O6S/c1-7-21(3)29-28(33)26(8-2)30(20-22-11-15-24(36-4)16-12-22)27(32)10-9-19-31(38(6,34)35)23-13-17-25(37-5)18-14-23/h11-18,21,26H,7-10,19-20H2,1-6H3,(H,29,33)/t21-,26+/m1/s1. The molecule has 38 heavy (non-hydrogen) atoms. The van der Waals surface area contributed by atoms with Crippen LogP contribution in [-0.4, -0.2) is 64.2 Å². The molecule has 0 fully saturated rings. The molecule has 0 unspecified atom stereocenters. The first-order valence-electron chi connectivity index (χ1n) is 12.9. The number of amides is 2. The SMILES string of the molecule is CC[C@@H](C)NC(=O)[C@H](CC)N(Cc1ccc(OC)cc1)C(=O)CCCN(c1ccc(OC)cc1)S(C)(=O)=O. The number of hydrogen-bond acceptors (Lipinski definition) is 6. The zero-order chi connectivity index (χ0) is 28.3. The topological polar surface area (TPSA) is 105 Å². The van der Waals surface area contributed by atoms with Gasteiger partial charge < -0.3 is 19.7 Å². The van der Waals surface area contributed by atoms with Crippen LogP contribution in [0.4, 0.5) is 5.69 Å². The summed E-state index contributed by atoms with van der Waals surface area (Å²) in [6.45, 7) is 6.18. The van der Waals surface area contributed by atoms with Gasteiger partial charge in [0.05, 0.1) is 26.2 Å². The van der Waals surface area contributed by atoms with Crippen LogP contribution in [-0.2, 0) is 26.2 Å². The van der Waals surface area contributed by atoms with Crippen LogP contribution in [0.1, 0.15) is 52.0 Å². The number of hydrogen-bond donors (Lipinski definition) is 1. The van der Waals surface area contributed by atoms with E-state index in [9.17, 15) is 18.0 Å². The minimum atomic E-state index is -3.57. The molecule has 0 heterocycles. The number of rotatable bonds is 15. The Labute approximate surface area is 227 Å². The number of benzene rings is 2. The van der Waals surface area contributed by atoms with Gasteiger partial charge in [-0.3, -0.25) is 13.9 Å². The second-order valence-corrected chi connectivity index (χ2v) is 11.2. The summed E-state index contributed by atoms with van der Waals surface area (Å²) in [4.78, 5) is 28.2. The number of carbonyl (C=O) groups is 2. The average molecular weight is 548 g/mol. The van der Waals surface area contributed by atoms with Gasteiger partial charge in [0.2, 0.25) is 21.8 Å². The number of methoxy groups -OCH3 is 2. The fourth-order valence-corrected chi connectivity index (χ4v) is 5.01. The fourth-order valence-electron chi connectivity index (χ4n) is 4.04. The van der Waals surface area contributed by atoms with Crippen LogP contribution in [0.25, 0.3) is 0 Å². The van der Waals surface area contributed by atoms with Crippen molar-refractivity contribution >= 4 is 27.5 Å². The first kappa shape index (κ1) is 31.0. The van der Waals surface area contributed by atoms with Crippen molar-refractivity contribution in [3.63, 3.8) is 0 Å². The van der Waals surface area contributed by atoms with Crippen LogP contribution in [0.3, 0.4) is 0 Å². The van der Waals surface area contributed by atoms with E-state index in [1.54, 1.807) is 43.4 Å². The number of anilines is 1. The van der Waals surface area contributed by atoms with Gasteiger partial charge in [-0.25, -0.2) is 8.42 Å². The maximum Gasteiger partial charge on any atom is 0.243 e. The Bertz CT molecular complexity index is 1140. The van der Waals surface area contributed by atoms with Crippen LogP contribution >= 0.6 is 0 Å². The van der Waals surface area contributed by atoms with Gasteiger partial charge in [0.15, 0.2) is 0 Å². The van der Waals surface area contributed by atoms with Crippen molar-refractivity contribution in [3.8, 4) is 11.5 Å². The Morgan fingerprint density at radius 3 is 1.95 bits per heavy atom. The summed E-state index contributed by atoms with van der Waals surface area (Å²) >= 11 is 0. The lowest BCUT2D eigenvalue weighted by atomic mass is 10.1. The lowest BCUT2D eigenvalue weighted by Crippen LogP contribution is -2.50. The van der Waals surface area contributed by atoms with Gasteiger partial charge in [-0.05, 0) is 68.1 Å². The van der Waals surface area contributed by atoms with Gasteiger partial charge in [0, 0.05) is 25.6 Å². The molecule has 0 aliphatic rings. The molecule has 2 rings (SSSR count). The van der Waals surface area contributed by atoms with E-state index >= 15 is 0 Å². The van der Waals surface area contributed by atoms with E-state index in [2.05, 4.69) is 5.32 Å². The van der Waals surface area contributed by atoms with Gasteiger partial charge in [-0.15, -0.1) is 0 Å². The molecular formula is C28H41N3O6S. The number of sulfonamides is 1. The van der Waals surface area contributed by atoms with Crippen LogP contribution in [0.15, 0.2) is 48.5 Å². The lowest BCUT2D eigenvalue weighted by Gasteiger charge is -2.32. The smallest absolute Gasteiger partial charge is 0.243 e. The molecule has 1 N–H and O–H groups in total. The molecule has 2 aromatic rings. The highest BCUT2D eigenvalue weighted by Crippen LogP contribution is 2.23. The monoisotopic (exact) mass is 547 g/mol. The molecule has 0 aromatic heterocycles. The van der Waals surface area contributed by atoms with E-state index in [1.165, 1.54) is 4.31 Å². The highest BCUT2D eigenvalue weighted by atomic mass is 32.2. The number of nitrogens with one attached hydrogen (secondary N) is 1. The molecule has 0 aliphatic carbocycles. The van der Waals surface area contributed by atoms with Crippen LogP contribution in [0.5, 0.6) is 11.5 Å². The van der Waals surface area contributed by atoms with Crippen molar-refractivity contribution in [2.45, 2.75) is 65.1 Å². The molecular weight excluding hydrogens is 506 g/mol. The maximum atomic E-state index is 13.5. The van der Waals surface area contributed by atoms with Crippen molar-refractivity contribution in [3.05, 3.63) is 54.1 Å². The molecule has 2 amide bonds. The number of carbonyl (C=O) groups excluding carboxylic acids is 2. The minimum absolute atomic E-state index is 0.0118. The van der Waals surface area contributed by atoms with E-state index in [0.29, 0.717) is 30.0 Å². The summed E-state index contributed by atoms with van der Waals surface area (Å²) < 4.78 is 36.7. The van der Waals surface area contributed by atoms with Crippen molar-refractivity contribution in [1.29, 1.82) is 0 Å². The Balaban J connectivity index is 2.22. The zero-order valence-electron chi connectivity index (χ0n) is 23.3. The Morgan fingerprint density at radius 1 is 0.921 bits per heavy atom. The Kier molecular flexibility index (Phi) is 11.9. The fraction of sp³-hybridized carbons (Fsp3) is 0.500. The zero-order valence-corrected chi connectivity index (χ0v) is 24.1. The van der Waals surface area contributed by atoms with Crippen LogP contribution < -0.4 is 19.1 Å². The third-order valence-corrected chi connectivity index (χ3v) is 7.61. The third-order valence-electron chi connectivity index (χ3n) is 6.41. The van der Waals surface area contributed by atoms with Gasteiger partial charge in [0.1, 0.15) is 17.5 Å². The highest BCUT2D eigenvalue weighted by molar-refractivity contribution is 7.92. The second kappa shape index (κ2) is 14.6. The molecule has 2 aromatic carbocycles. The summed E-state index contributed by atoms with van der Waals surface area (Å²) in [6.07, 6.45) is 2.75. The van der Waals surface area contributed by atoms with Gasteiger partial charge in [-0.1, -0.05) is 26.0 Å². The number of ether oxygens (including phenoxy) is 2. The molecule has 10 heteroatoms. The summed E-state index contributed by atoms with van der Waals surface area (Å²) in [5.74, 6) is 0.912. The quantitative estimate of drug-likeness (QED) is 0.362. The molecule has 0 bridgehead atoms. The molecule has 0 saturated carbocycles. The Morgan fingerprint density at radius 2 is 1.47 bits per heavy atom. The third kappa shape index (κ3) is 8.93. The summed E-state index contributed by atoms with van der Waals surface area (Å²) in [5.41, 5.74) is 1.36. The van der Waals surface area contributed by atoms with Crippen molar-refractivity contribution in [2.24, 2.45) is 0 Å². The lowest BCUT2D eigenvalue weighted by molar-refractivity contribution is -0.141. The van der Waals surface area contributed by atoms with Crippen molar-refractivity contribution in [1.82, 2.24) is 10.2 Å². The highest BCUT2D eigenvalue weighted by Gasteiger charge is 2.29. The largest absolute Gasteiger partial charge is 0.497 e. The minimum Gasteiger partial charge on any atom is -0.497 e. The molecule has 0 radical (unpaired) electrons. The summed E-state index contributed by atoms with van der Waals surface area (Å²) in [6, 6.07) is 13.4. The van der Waals surface area contributed by atoms with Gasteiger partial charge in [-0.2, -0.15) is 0 Å². The van der Waals surface area contributed by atoms with E-state index in [4.69, 9.17) is 9.47 Å². The first-order valence-corrected chi connectivity index (χ1v) is 14.7. The van der Waals surface area contributed by atoms with E-state index < -0.39 is 16.1 Å². The Hall–Kier alpha value is -3.27. The normalized spacial score (nSPS) is 12.8. The maximum absolute atomic E-state index is 13.5. The molecule has 0 spiro atoms. The summed E-state index contributed by atoms with van der Waals surface area (Å²) in [5, 5.41) is 2.99. The van der Waals surface area contributed by atoms with E-state index in [1.807, 2.05) is 45.0 Å². The molecule has 210 valence electrons. The van der Waals surface area contributed by atoms with Crippen molar-refractivity contribution in [2.75, 3.05) is 31.3 Å². The van der Waals surface area contributed by atoms with Gasteiger partial charge in [0.25, 0.3) is 0 Å². The molecule has 9 nitrogen and oxygen atoms in total. The van der Waals surface area contributed by atoms with Crippen LogP contribution in [0.2, 0.25) is 0 Å². The predicted molar refractivity (Wildman–Crippen MR) is 150 cm³/mol. The second-order valence-electron chi connectivity index (χ2n) is 9.25. The van der Waals surface area contributed by atoms with Crippen molar-refractivity contribution < 1.29 is 27.5 Å². The number of nitrogens with zero attached hydrogens (tertiary/aromatic N) is 2. The molecule has 2 atom stereocenters. The van der Waals surface area contributed by atoms with E-state index in [0.717, 1.165) is 18.2 Å². The predicted octanol–water partition coefficient (Wildman–Crippen LogP) is 3.97. The molecule has 0 aliphatic heterocycles. The average Bonchev–Trinajstić information content (AvgIpc) is 2.90. The first-order chi connectivity index (χ1) is 18.0. The molecule has 0 saturated heterocycles. The van der Waals surface area contributed by atoms with E-state index in [-0.39, 0.29) is 37.4 Å². The van der Waals surface area contributed by atoms with Gasteiger partial charge >= 0.3 is 0 Å². The summed E-state index contributed by atoms with van der Waals surface area (Å²) in [7, 11) is -0.443.